The van der Waals surface area contributed by atoms with Crippen molar-refractivity contribution >= 4 is 15.8 Å². The van der Waals surface area contributed by atoms with Gasteiger partial charge < -0.3 is 14.6 Å². The Kier molecular flexibility index (Phi) is 8.25. The van der Waals surface area contributed by atoms with Crippen molar-refractivity contribution in [2.75, 3.05) is 19.5 Å². The van der Waals surface area contributed by atoms with E-state index in [1.807, 2.05) is 43.6 Å². The zero-order valence-corrected chi connectivity index (χ0v) is 21.9. The molecular weight excluding hydrogens is 496 g/mol. The minimum atomic E-state index is -3.66. The molecule has 11 heteroatoms. The van der Waals surface area contributed by atoms with Gasteiger partial charge in [0, 0.05) is 35.6 Å². The lowest BCUT2D eigenvalue weighted by molar-refractivity contribution is 0.111. The molecule has 0 amide bonds. The molecule has 3 heterocycles. The topological polar surface area (TPSA) is 136 Å². The Morgan fingerprint density at radius 2 is 1.95 bits per heavy atom. The van der Waals surface area contributed by atoms with Crippen molar-refractivity contribution < 1.29 is 27.6 Å². The van der Waals surface area contributed by atoms with Crippen LogP contribution in [0.25, 0.3) is 5.82 Å². The highest BCUT2D eigenvalue weighted by atomic mass is 32.2. The molecule has 3 atom stereocenters. The van der Waals surface area contributed by atoms with Crippen LogP contribution in [0, 0.1) is 0 Å². The van der Waals surface area contributed by atoms with Crippen LogP contribution in [0.5, 0.6) is 11.5 Å². The number of aliphatic hydroxyl groups is 1. The molecule has 0 bridgehead atoms. The van der Waals surface area contributed by atoms with Crippen LogP contribution in [0.15, 0.2) is 53.9 Å². The second-order valence-corrected chi connectivity index (χ2v) is 10.6. The van der Waals surface area contributed by atoms with Crippen LogP contribution >= 0.6 is 0 Å². The first kappa shape index (κ1) is 26.8. The third kappa shape index (κ3) is 6.17. The molecule has 2 N–H and O–H groups in total. The van der Waals surface area contributed by atoms with Crippen LogP contribution in [-0.2, 0) is 10.1 Å². The summed E-state index contributed by atoms with van der Waals surface area (Å²) >= 11 is 0. The number of hydrogen-bond acceptors (Lipinski definition) is 8. The number of pyridine rings is 1. The zero-order chi connectivity index (χ0) is 26.6. The standard InChI is InChI=1S/C24H26N4O3.C2H6O3S/c1-3-31-22-12-17-18-11-16(29)6-7-20(18)27-24(19(17)13-21(22)30-2)15-5-8-23(25-14-15)28-10-4-9-26-28;1-2-6(3,4)5/h4-5,8-10,12-14,16,18,20,29H,3,6-7,11H2,1-2H3;2H2,1H3,(H,3,4,5)/t16-,18-,20-;/m1./s1. The van der Waals surface area contributed by atoms with Gasteiger partial charge in [-0.15, -0.1) is 0 Å². The number of rotatable bonds is 6. The lowest BCUT2D eigenvalue weighted by Crippen LogP contribution is -2.34. The minimum absolute atomic E-state index is 0.138. The monoisotopic (exact) mass is 528 g/mol. The fraction of sp³-hybridized carbons (Fsp3) is 0.423. The molecule has 198 valence electrons. The van der Waals surface area contributed by atoms with Gasteiger partial charge in [0.2, 0.25) is 0 Å². The van der Waals surface area contributed by atoms with E-state index < -0.39 is 10.1 Å². The summed E-state index contributed by atoms with van der Waals surface area (Å²) < 4.78 is 40.1. The molecule has 1 aliphatic heterocycles. The molecule has 37 heavy (non-hydrogen) atoms. The zero-order valence-electron chi connectivity index (χ0n) is 21.1. The highest BCUT2D eigenvalue weighted by Crippen LogP contribution is 2.44. The summed E-state index contributed by atoms with van der Waals surface area (Å²) in [6.07, 6.45) is 7.51. The van der Waals surface area contributed by atoms with Crippen LogP contribution in [0.2, 0.25) is 0 Å². The number of aliphatic imine (C=N–C) groups is 1. The Hall–Kier alpha value is -3.28. The number of benzene rings is 1. The predicted molar refractivity (Wildman–Crippen MR) is 140 cm³/mol. The number of aliphatic hydroxyl groups excluding tert-OH is 1. The molecule has 0 spiro atoms. The fourth-order valence-electron chi connectivity index (χ4n) is 4.67. The van der Waals surface area contributed by atoms with E-state index in [9.17, 15) is 13.5 Å². The van der Waals surface area contributed by atoms with Gasteiger partial charge in [-0.1, -0.05) is 0 Å². The lowest BCUT2D eigenvalue weighted by atomic mass is 9.74. The number of fused-ring (bicyclic) bond motifs is 3. The maximum Gasteiger partial charge on any atom is 0.264 e. The average molecular weight is 529 g/mol. The highest BCUT2D eigenvalue weighted by Gasteiger charge is 2.37. The Morgan fingerprint density at radius 3 is 2.54 bits per heavy atom. The van der Waals surface area contributed by atoms with Crippen LogP contribution in [0.3, 0.4) is 0 Å². The molecule has 0 unspecified atom stereocenters. The molecule has 0 radical (unpaired) electrons. The quantitative estimate of drug-likeness (QED) is 0.465. The number of aromatic nitrogens is 3. The van der Waals surface area contributed by atoms with Gasteiger partial charge in [0.05, 0.1) is 37.3 Å². The largest absolute Gasteiger partial charge is 0.493 e. The molecular formula is C26H32N4O6S. The molecule has 2 aliphatic rings. The Bertz CT molecular complexity index is 1340. The molecule has 3 aromatic rings. The number of methoxy groups -OCH3 is 1. The molecule has 1 saturated carbocycles. The fourth-order valence-corrected chi connectivity index (χ4v) is 4.67. The van der Waals surface area contributed by atoms with Gasteiger partial charge in [-0.3, -0.25) is 9.55 Å². The van der Waals surface area contributed by atoms with Gasteiger partial charge in [0.1, 0.15) is 0 Å². The maximum absolute atomic E-state index is 10.3. The van der Waals surface area contributed by atoms with Crippen molar-refractivity contribution in [3.8, 4) is 17.3 Å². The summed E-state index contributed by atoms with van der Waals surface area (Å²) in [6.45, 7) is 3.90. The minimum Gasteiger partial charge on any atom is -0.493 e. The van der Waals surface area contributed by atoms with Crippen molar-refractivity contribution in [3.63, 3.8) is 0 Å². The summed E-state index contributed by atoms with van der Waals surface area (Å²) in [6, 6.07) is 10.1. The normalized spacial score (nSPS) is 20.6. The van der Waals surface area contributed by atoms with E-state index in [0.29, 0.717) is 18.8 Å². The van der Waals surface area contributed by atoms with Crippen molar-refractivity contribution in [2.45, 2.75) is 51.2 Å². The second-order valence-electron chi connectivity index (χ2n) is 8.87. The highest BCUT2D eigenvalue weighted by molar-refractivity contribution is 7.85. The van der Waals surface area contributed by atoms with E-state index in [2.05, 4.69) is 16.1 Å². The summed E-state index contributed by atoms with van der Waals surface area (Å²) in [5, 5.41) is 14.6. The SMILES string of the molecule is CCOc1cc2c(cc1OC)C(c1ccc(-n3cccn3)nc1)=N[C@@H]1CC[C@@H](O)C[C@H]21.CCS(=O)(=O)O. The third-order valence-corrected chi connectivity index (χ3v) is 7.23. The van der Waals surface area contributed by atoms with Gasteiger partial charge in [0.25, 0.3) is 10.1 Å². The van der Waals surface area contributed by atoms with Gasteiger partial charge in [-0.05, 0) is 69.0 Å². The molecule has 0 saturated heterocycles. The van der Waals surface area contributed by atoms with Crippen molar-refractivity contribution in [1.82, 2.24) is 14.8 Å². The van der Waals surface area contributed by atoms with Crippen molar-refractivity contribution in [2.24, 2.45) is 4.99 Å². The summed E-state index contributed by atoms with van der Waals surface area (Å²) in [5.74, 6) is 2.14. The van der Waals surface area contributed by atoms with Crippen molar-refractivity contribution in [3.05, 3.63) is 65.6 Å². The van der Waals surface area contributed by atoms with E-state index in [-0.39, 0.29) is 23.8 Å². The Labute approximate surface area is 216 Å². The van der Waals surface area contributed by atoms with Crippen LogP contribution < -0.4 is 9.47 Å². The molecule has 2 aromatic heterocycles. The van der Waals surface area contributed by atoms with Gasteiger partial charge in [-0.25, -0.2) is 9.67 Å². The van der Waals surface area contributed by atoms with E-state index in [0.717, 1.165) is 46.8 Å². The first-order chi connectivity index (χ1) is 17.7. The van der Waals surface area contributed by atoms with E-state index >= 15 is 0 Å². The first-order valence-corrected chi connectivity index (χ1v) is 13.9. The lowest BCUT2D eigenvalue weighted by Gasteiger charge is -2.37. The molecule has 10 nitrogen and oxygen atoms in total. The van der Waals surface area contributed by atoms with E-state index in [1.165, 1.54) is 6.92 Å². The van der Waals surface area contributed by atoms with E-state index in [1.54, 1.807) is 18.0 Å². The number of nitrogens with zero attached hydrogens (tertiary/aromatic N) is 4. The molecule has 1 aliphatic carbocycles. The van der Waals surface area contributed by atoms with Gasteiger partial charge >= 0.3 is 0 Å². The molecule has 5 rings (SSSR count). The van der Waals surface area contributed by atoms with Gasteiger partial charge in [0.15, 0.2) is 17.3 Å². The van der Waals surface area contributed by atoms with Crippen LogP contribution in [-0.4, -0.2) is 70.2 Å². The number of ether oxygens (including phenoxy) is 2. The van der Waals surface area contributed by atoms with Crippen LogP contribution in [0.1, 0.15) is 55.7 Å². The number of hydrogen-bond donors (Lipinski definition) is 2. The summed E-state index contributed by atoms with van der Waals surface area (Å²) in [4.78, 5) is 9.74. The molecule has 1 aromatic carbocycles. The van der Waals surface area contributed by atoms with Crippen LogP contribution in [0.4, 0.5) is 0 Å². The maximum atomic E-state index is 10.3. The summed E-state index contributed by atoms with van der Waals surface area (Å²) in [5.41, 5.74) is 4.04. The van der Waals surface area contributed by atoms with Gasteiger partial charge in [-0.2, -0.15) is 13.5 Å². The third-order valence-electron chi connectivity index (χ3n) is 6.50. The predicted octanol–water partition coefficient (Wildman–Crippen LogP) is 3.42. The van der Waals surface area contributed by atoms with E-state index in [4.69, 9.17) is 19.0 Å². The smallest absolute Gasteiger partial charge is 0.264 e. The Balaban J connectivity index is 0.000000480. The first-order valence-electron chi connectivity index (χ1n) is 12.3. The molecule has 1 fully saturated rings. The second kappa shape index (κ2) is 11.4. The average Bonchev–Trinajstić information content (AvgIpc) is 3.43. The summed E-state index contributed by atoms with van der Waals surface area (Å²) in [7, 11) is -2.01. The Morgan fingerprint density at radius 1 is 1.16 bits per heavy atom. The van der Waals surface area contributed by atoms with Crippen molar-refractivity contribution in [1.29, 1.82) is 0 Å².